The minimum Gasteiger partial charge on any atom is -0.495 e. The predicted octanol–water partition coefficient (Wildman–Crippen LogP) is 2.37. The van der Waals surface area contributed by atoms with Gasteiger partial charge in [-0.15, -0.1) is 0 Å². The Bertz CT molecular complexity index is 446. The highest BCUT2D eigenvalue weighted by Crippen LogP contribution is 2.26. The molecule has 0 atom stereocenters. The van der Waals surface area contributed by atoms with Gasteiger partial charge in [0.25, 0.3) is 0 Å². The monoisotopic (exact) mass is 217 g/mol. The molecule has 1 aromatic rings. The maximum atomic E-state index is 8.11. The smallest absolute Gasteiger partial charge is 0.138 e. The standard InChI is InChI=1S/C11H11N3O2/c1-15-10-6-3-7-11(16-2)9(10)5-4-8-13-14-12/h3,6-7H,8H2,1-2H3. The normalized spacial score (nSPS) is 8.38. The van der Waals surface area contributed by atoms with E-state index in [9.17, 15) is 0 Å². The zero-order chi connectivity index (χ0) is 11.8. The molecule has 0 spiro atoms. The first-order valence-electron chi connectivity index (χ1n) is 4.54. The predicted molar refractivity (Wildman–Crippen MR) is 60.4 cm³/mol. The Balaban J connectivity index is 3.06. The Morgan fingerprint density at radius 1 is 1.31 bits per heavy atom. The lowest BCUT2D eigenvalue weighted by molar-refractivity contribution is 0.392. The van der Waals surface area contributed by atoms with Crippen LogP contribution in [0.1, 0.15) is 5.56 Å². The summed E-state index contributed by atoms with van der Waals surface area (Å²) >= 11 is 0. The van der Waals surface area contributed by atoms with Crippen LogP contribution in [0.4, 0.5) is 0 Å². The minimum absolute atomic E-state index is 0.123. The third-order valence-corrected chi connectivity index (χ3v) is 1.85. The molecule has 0 amide bonds. The number of hydrogen-bond acceptors (Lipinski definition) is 3. The van der Waals surface area contributed by atoms with Crippen molar-refractivity contribution in [2.75, 3.05) is 20.8 Å². The van der Waals surface area contributed by atoms with E-state index in [1.165, 1.54) is 0 Å². The first kappa shape index (κ1) is 11.8. The molecule has 5 heteroatoms. The fraction of sp³-hybridized carbons (Fsp3) is 0.273. The van der Waals surface area contributed by atoms with Gasteiger partial charge in [-0.05, 0) is 17.7 Å². The van der Waals surface area contributed by atoms with Crippen LogP contribution in [0.3, 0.4) is 0 Å². The maximum absolute atomic E-state index is 8.11. The number of nitrogens with zero attached hydrogens (tertiary/aromatic N) is 3. The van der Waals surface area contributed by atoms with E-state index in [1.54, 1.807) is 26.4 Å². The highest BCUT2D eigenvalue weighted by Gasteiger charge is 2.05. The largest absolute Gasteiger partial charge is 0.495 e. The van der Waals surface area contributed by atoms with Gasteiger partial charge in [0.2, 0.25) is 0 Å². The van der Waals surface area contributed by atoms with E-state index in [0.29, 0.717) is 17.1 Å². The summed E-state index contributed by atoms with van der Waals surface area (Å²) in [7, 11) is 3.13. The van der Waals surface area contributed by atoms with Crippen molar-refractivity contribution in [3.8, 4) is 23.3 Å². The topological polar surface area (TPSA) is 67.2 Å². The summed E-state index contributed by atoms with van der Waals surface area (Å²) in [5.41, 5.74) is 8.76. The molecule has 0 aliphatic carbocycles. The lowest BCUT2D eigenvalue weighted by Gasteiger charge is -2.07. The second kappa shape index (κ2) is 6.23. The quantitative estimate of drug-likeness (QED) is 0.337. The molecule has 0 fully saturated rings. The Morgan fingerprint density at radius 2 is 1.94 bits per heavy atom. The molecule has 0 aromatic heterocycles. The van der Waals surface area contributed by atoms with Gasteiger partial charge in [-0.2, -0.15) is 0 Å². The number of methoxy groups -OCH3 is 2. The van der Waals surface area contributed by atoms with Crippen molar-refractivity contribution < 1.29 is 9.47 Å². The molecule has 82 valence electrons. The van der Waals surface area contributed by atoms with E-state index in [4.69, 9.17) is 15.0 Å². The molecule has 0 saturated carbocycles. The van der Waals surface area contributed by atoms with Crippen molar-refractivity contribution in [3.05, 3.63) is 34.2 Å². The van der Waals surface area contributed by atoms with Crippen molar-refractivity contribution in [2.45, 2.75) is 0 Å². The van der Waals surface area contributed by atoms with Gasteiger partial charge in [0.15, 0.2) is 0 Å². The summed E-state index contributed by atoms with van der Waals surface area (Å²) in [4.78, 5) is 2.61. The molecule has 0 N–H and O–H groups in total. The van der Waals surface area contributed by atoms with E-state index in [1.807, 2.05) is 6.07 Å². The molecule has 0 heterocycles. The van der Waals surface area contributed by atoms with Gasteiger partial charge < -0.3 is 9.47 Å². The molecule has 0 aliphatic heterocycles. The van der Waals surface area contributed by atoms with Crippen LogP contribution in [-0.2, 0) is 0 Å². The van der Waals surface area contributed by atoms with E-state index < -0.39 is 0 Å². The molecule has 0 unspecified atom stereocenters. The van der Waals surface area contributed by atoms with Crippen molar-refractivity contribution >= 4 is 0 Å². The molecule has 5 nitrogen and oxygen atoms in total. The molecule has 0 saturated heterocycles. The van der Waals surface area contributed by atoms with E-state index in [-0.39, 0.29) is 6.54 Å². The average molecular weight is 217 g/mol. The summed E-state index contributed by atoms with van der Waals surface area (Å²) in [5, 5.41) is 3.32. The van der Waals surface area contributed by atoms with E-state index in [0.717, 1.165) is 0 Å². The zero-order valence-electron chi connectivity index (χ0n) is 9.10. The van der Waals surface area contributed by atoms with Crippen LogP contribution in [-0.4, -0.2) is 20.8 Å². The van der Waals surface area contributed by atoms with Gasteiger partial charge in [-0.1, -0.05) is 23.0 Å². The van der Waals surface area contributed by atoms with Crippen LogP contribution in [0.5, 0.6) is 11.5 Å². The molecule has 0 bridgehead atoms. The molecule has 1 rings (SSSR count). The van der Waals surface area contributed by atoms with Crippen LogP contribution in [0, 0.1) is 11.8 Å². The highest BCUT2D eigenvalue weighted by molar-refractivity contribution is 5.55. The van der Waals surface area contributed by atoms with Gasteiger partial charge in [0, 0.05) is 4.91 Å². The third-order valence-electron chi connectivity index (χ3n) is 1.85. The Labute approximate surface area is 93.6 Å². The second-order valence-electron chi connectivity index (χ2n) is 2.73. The second-order valence-corrected chi connectivity index (χ2v) is 2.73. The summed E-state index contributed by atoms with van der Waals surface area (Å²) in [6.45, 7) is 0.123. The average Bonchev–Trinajstić information content (AvgIpc) is 2.34. The van der Waals surface area contributed by atoms with Crippen molar-refractivity contribution in [1.82, 2.24) is 0 Å². The van der Waals surface area contributed by atoms with Crippen LogP contribution in [0.15, 0.2) is 23.3 Å². The van der Waals surface area contributed by atoms with Crippen molar-refractivity contribution in [3.63, 3.8) is 0 Å². The van der Waals surface area contributed by atoms with Crippen LogP contribution >= 0.6 is 0 Å². The molecular weight excluding hydrogens is 206 g/mol. The number of benzene rings is 1. The summed E-state index contributed by atoms with van der Waals surface area (Å²) in [6, 6.07) is 5.40. The van der Waals surface area contributed by atoms with Gasteiger partial charge in [-0.3, -0.25) is 0 Å². The fourth-order valence-corrected chi connectivity index (χ4v) is 1.17. The SMILES string of the molecule is COc1cccc(OC)c1C#CCN=[N+]=[N-]. The molecule has 0 radical (unpaired) electrons. The van der Waals surface area contributed by atoms with Gasteiger partial charge in [-0.25, -0.2) is 0 Å². The van der Waals surface area contributed by atoms with Crippen LogP contribution < -0.4 is 9.47 Å². The summed E-state index contributed by atoms with van der Waals surface area (Å²) in [6.07, 6.45) is 0. The van der Waals surface area contributed by atoms with Crippen LogP contribution in [0.25, 0.3) is 10.4 Å². The molecular formula is C11H11N3O2. The fourth-order valence-electron chi connectivity index (χ4n) is 1.17. The van der Waals surface area contributed by atoms with E-state index in [2.05, 4.69) is 21.9 Å². The first-order valence-corrected chi connectivity index (χ1v) is 4.54. The number of azide groups is 1. The van der Waals surface area contributed by atoms with E-state index >= 15 is 0 Å². The Morgan fingerprint density at radius 3 is 2.44 bits per heavy atom. The Hall–Kier alpha value is -2.31. The van der Waals surface area contributed by atoms with Crippen LogP contribution in [0.2, 0.25) is 0 Å². The highest BCUT2D eigenvalue weighted by atomic mass is 16.5. The van der Waals surface area contributed by atoms with Gasteiger partial charge in [0.1, 0.15) is 17.1 Å². The summed E-state index contributed by atoms with van der Waals surface area (Å²) in [5.74, 6) is 6.84. The Kier molecular flexibility index (Phi) is 4.58. The van der Waals surface area contributed by atoms with Gasteiger partial charge in [0.05, 0.1) is 20.8 Å². The number of ether oxygens (including phenoxy) is 2. The van der Waals surface area contributed by atoms with Gasteiger partial charge >= 0.3 is 0 Å². The first-order chi connectivity index (χ1) is 7.83. The number of hydrogen-bond donors (Lipinski definition) is 0. The molecule has 1 aromatic carbocycles. The zero-order valence-corrected chi connectivity index (χ0v) is 9.10. The summed E-state index contributed by atoms with van der Waals surface area (Å²) < 4.78 is 10.3. The molecule has 0 aliphatic rings. The third kappa shape index (κ3) is 2.84. The molecule has 16 heavy (non-hydrogen) atoms. The lowest BCUT2D eigenvalue weighted by atomic mass is 10.2. The lowest BCUT2D eigenvalue weighted by Crippen LogP contribution is -1.92. The van der Waals surface area contributed by atoms with Crippen molar-refractivity contribution in [1.29, 1.82) is 0 Å². The van der Waals surface area contributed by atoms with Crippen molar-refractivity contribution in [2.24, 2.45) is 5.11 Å². The number of rotatable bonds is 3. The minimum atomic E-state index is 0.123. The maximum Gasteiger partial charge on any atom is 0.138 e.